The van der Waals surface area contributed by atoms with Crippen LogP contribution in [0.2, 0.25) is 0 Å². The minimum absolute atomic E-state index is 0. The summed E-state index contributed by atoms with van der Waals surface area (Å²) in [5.41, 5.74) is 1.24. The number of ether oxygens (including phenoxy) is 1. The number of carbonyl (C=O) groups excluding carboxylic acids is 1. The third-order valence-electron chi connectivity index (χ3n) is 5.03. The number of likely N-dealkylation sites (N-methyl/N-ethyl adjacent to an activating group) is 1. The average molecular weight is 532 g/mol. The molecule has 1 aromatic heterocycles. The van der Waals surface area contributed by atoms with Crippen molar-refractivity contribution >= 4 is 41.5 Å². The molecule has 9 heteroatoms. The molecule has 1 fully saturated rings. The predicted octanol–water partition coefficient (Wildman–Crippen LogP) is 1.97. The van der Waals surface area contributed by atoms with Gasteiger partial charge in [0, 0.05) is 71.6 Å². The SMILES string of the molecule is CCOCCCNC(=NCC(=O)N(C)C)NCC1CCN(c2ccncc2)CC1.I. The summed E-state index contributed by atoms with van der Waals surface area (Å²) in [5, 5.41) is 6.75. The first-order valence-corrected chi connectivity index (χ1v) is 10.5. The quantitative estimate of drug-likeness (QED) is 0.208. The smallest absolute Gasteiger partial charge is 0.243 e. The van der Waals surface area contributed by atoms with Crippen LogP contribution in [-0.2, 0) is 9.53 Å². The zero-order valence-electron chi connectivity index (χ0n) is 18.5. The normalized spacial score (nSPS) is 14.8. The van der Waals surface area contributed by atoms with E-state index in [-0.39, 0.29) is 36.4 Å². The van der Waals surface area contributed by atoms with Gasteiger partial charge in [-0.05, 0) is 44.2 Å². The summed E-state index contributed by atoms with van der Waals surface area (Å²) in [6.45, 7) is 7.31. The zero-order valence-corrected chi connectivity index (χ0v) is 20.8. The number of nitrogens with zero attached hydrogens (tertiary/aromatic N) is 4. The first-order valence-electron chi connectivity index (χ1n) is 10.5. The van der Waals surface area contributed by atoms with Crippen LogP contribution in [0.1, 0.15) is 26.2 Å². The Bertz CT molecular complexity index is 621. The number of hydrogen-bond acceptors (Lipinski definition) is 5. The van der Waals surface area contributed by atoms with Gasteiger partial charge in [0.2, 0.25) is 5.91 Å². The molecular formula is C21H37IN6O2. The van der Waals surface area contributed by atoms with Gasteiger partial charge in [0.15, 0.2) is 5.96 Å². The van der Waals surface area contributed by atoms with Gasteiger partial charge in [0.25, 0.3) is 0 Å². The molecule has 2 N–H and O–H groups in total. The second kappa shape index (κ2) is 15.2. The molecule has 1 aromatic rings. The average Bonchev–Trinajstić information content (AvgIpc) is 2.75. The van der Waals surface area contributed by atoms with Crippen LogP contribution >= 0.6 is 24.0 Å². The summed E-state index contributed by atoms with van der Waals surface area (Å²) in [7, 11) is 3.49. The van der Waals surface area contributed by atoms with Crippen LogP contribution in [0, 0.1) is 5.92 Å². The van der Waals surface area contributed by atoms with Gasteiger partial charge in [-0.2, -0.15) is 0 Å². The summed E-state index contributed by atoms with van der Waals surface area (Å²) >= 11 is 0. The van der Waals surface area contributed by atoms with Crippen LogP contribution in [0.3, 0.4) is 0 Å². The van der Waals surface area contributed by atoms with Gasteiger partial charge in [-0.1, -0.05) is 0 Å². The van der Waals surface area contributed by atoms with Crippen molar-refractivity contribution in [3.63, 3.8) is 0 Å². The van der Waals surface area contributed by atoms with Crippen molar-refractivity contribution in [1.29, 1.82) is 0 Å². The van der Waals surface area contributed by atoms with E-state index in [1.807, 2.05) is 19.3 Å². The van der Waals surface area contributed by atoms with Crippen LogP contribution in [0.15, 0.2) is 29.5 Å². The van der Waals surface area contributed by atoms with Gasteiger partial charge in [0.1, 0.15) is 6.54 Å². The van der Waals surface area contributed by atoms with Crippen molar-refractivity contribution < 1.29 is 9.53 Å². The summed E-state index contributed by atoms with van der Waals surface area (Å²) in [4.78, 5) is 24.4. The number of pyridine rings is 1. The Balaban J connectivity index is 0.00000450. The van der Waals surface area contributed by atoms with Gasteiger partial charge in [-0.3, -0.25) is 9.78 Å². The molecule has 0 aromatic carbocycles. The van der Waals surface area contributed by atoms with E-state index < -0.39 is 0 Å². The van der Waals surface area contributed by atoms with Crippen molar-refractivity contribution in [2.75, 3.05) is 64.9 Å². The van der Waals surface area contributed by atoms with Crippen molar-refractivity contribution in [2.24, 2.45) is 10.9 Å². The molecule has 0 saturated carbocycles. The Morgan fingerprint density at radius 2 is 1.97 bits per heavy atom. The topological polar surface area (TPSA) is 82.1 Å². The number of piperidine rings is 1. The molecule has 30 heavy (non-hydrogen) atoms. The first-order chi connectivity index (χ1) is 14.1. The van der Waals surface area contributed by atoms with E-state index in [1.165, 1.54) is 5.69 Å². The highest BCUT2D eigenvalue weighted by atomic mass is 127. The minimum atomic E-state index is -0.00826. The molecule has 0 aliphatic carbocycles. The lowest BCUT2D eigenvalue weighted by atomic mass is 9.96. The highest BCUT2D eigenvalue weighted by Crippen LogP contribution is 2.22. The lowest BCUT2D eigenvalue weighted by Crippen LogP contribution is -2.43. The number of amides is 1. The summed E-state index contributed by atoms with van der Waals surface area (Å²) in [6.07, 6.45) is 6.85. The maximum Gasteiger partial charge on any atom is 0.243 e. The van der Waals surface area contributed by atoms with Crippen molar-refractivity contribution in [2.45, 2.75) is 26.2 Å². The number of guanidine groups is 1. The molecule has 0 radical (unpaired) electrons. The van der Waals surface area contributed by atoms with Crippen LogP contribution in [0.25, 0.3) is 0 Å². The number of aromatic nitrogens is 1. The van der Waals surface area contributed by atoms with Crippen LogP contribution < -0.4 is 15.5 Å². The molecule has 0 bridgehead atoms. The zero-order chi connectivity index (χ0) is 20.9. The van der Waals surface area contributed by atoms with Crippen molar-refractivity contribution in [3.8, 4) is 0 Å². The molecule has 170 valence electrons. The van der Waals surface area contributed by atoms with Crippen LogP contribution in [-0.4, -0.2) is 81.8 Å². The predicted molar refractivity (Wildman–Crippen MR) is 133 cm³/mol. The second-order valence-electron chi connectivity index (χ2n) is 7.45. The maximum absolute atomic E-state index is 11.9. The summed E-state index contributed by atoms with van der Waals surface area (Å²) in [6, 6.07) is 4.13. The van der Waals surface area contributed by atoms with E-state index in [0.29, 0.717) is 11.9 Å². The molecule has 0 spiro atoms. The molecule has 1 aliphatic heterocycles. The molecule has 2 rings (SSSR count). The number of aliphatic imine (C=N–C) groups is 1. The van der Waals surface area contributed by atoms with Crippen LogP contribution in [0.4, 0.5) is 5.69 Å². The molecule has 2 heterocycles. The van der Waals surface area contributed by atoms with E-state index in [4.69, 9.17) is 4.74 Å². The number of anilines is 1. The fourth-order valence-electron chi connectivity index (χ4n) is 3.18. The number of nitrogens with one attached hydrogen (secondary N) is 2. The first kappa shape index (κ1) is 26.4. The van der Waals surface area contributed by atoms with E-state index in [9.17, 15) is 4.79 Å². The fourth-order valence-corrected chi connectivity index (χ4v) is 3.18. The lowest BCUT2D eigenvalue weighted by molar-refractivity contribution is -0.127. The molecule has 0 unspecified atom stereocenters. The van der Waals surface area contributed by atoms with Crippen molar-refractivity contribution in [1.82, 2.24) is 20.5 Å². The largest absolute Gasteiger partial charge is 0.382 e. The highest BCUT2D eigenvalue weighted by molar-refractivity contribution is 14.0. The molecular weight excluding hydrogens is 495 g/mol. The Labute approximate surface area is 197 Å². The number of halogens is 1. The standard InChI is InChI=1S/C21H36N6O2.HI/c1-4-29-15-5-10-23-21(25-17-20(28)26(2)3)24-16-18-8-13-27(14-9-18)19-6-11-22-12-7-19;/h6-7,11-12,18H,4-5,8-10,13-17H2,1-3H3,(H2,23,24,25);1H. The van der Waals surface area contributed by atoms with E-state index in [1.54, 1.807) is 19.0 Å². The van der Waals surface area contributed by atoms with Crippen LogP contribution in [0.5, 0.6) is 0 Å². The van der Waals surface area contributed by atoms with Gasteiger partial charge in [-0.25, -0.2) is 4.99 Å². The highest BCUT2D eigenvalue weighted by Gasteiger charge is 2.19. The molecule has 1 amide bonds. The summed E-state index contributed by atoms with van der Waals surface area (Å²) < 4.78 is 5.38. The van der Waals surface area contributed by atoms with E-state index in [2.05, 4.69) is 37.6 Å². The van der Waals surface area contributed by atoms with Gasteiger partial charge >= 0.3 is 0 Å². The molecule has 1 aliphatic rings. The second-order valence-corrected chi connectivity index (χ2v) is 7.45. The lowest BCUT2D eigenvalue weighted by Gasteiger charge is -2.33. The molecule has 1 saturated heterocycles. The number of rotatable bonds is 10. The number of carbonyl (C=O) groups is 1. The Hall–Kier alpha value is -1.62. The third kappa shape index (κ3) is 9.92. The Morgan fingerprint density at radius 1 is 1.27 bits per heavy atom. The van der Waals surface area contributed by atoms with Crippen molar-refractivity contribution in [3.05, 3.63) is 24.5 Å². The Kier molecular flexibility index (Phi) is 13.4. The van der Waals surface area contributed by atoms with E-state index in [0.717, 1.165) is 58.7 Å². The fraction of sp³-hybridized carbons (Fsp3) is 0.667. The monoisotopic (exact) mass is 532 g/mol. The summed E-state index contributed by atoms with van der Waals surface area (Å²) in [5.74, 6) is 1.28. The van der Waals surface area contributed by atoms with Gasteiger partial charge < -0.3 is 25.2 Å². The van der Waals surface area contributed by atoms with Gasteiger partial charge in [-0.15, -0.1) is 24.0 Å². The maximum atomic E-state index is 11.9. The number of hydrogen-bond donors (Lipinski definition) is 2. The minimum Gasteiger partial charge on any atom is -0.382 e. The Morgan fingerprint density at radius 3 is 2.60 bits per heavy atom. The van der Waals surface area contributed by atoms with Gasteiger partial charge in [0.05, 0.1) is 0 Å². The van der Waals surface area contributed by atoms with E-state index >= 15 is 0 Å². The third-order valence-corrected chi connectivity index (χ3v) is 5.03. The molecule has 8 nitrogen and oxygen atoms in total. The molecule has 0 atom stereocenters.